The molecule has 1 rings (SSSR count). The molecule has 1 aromatic carbocycles. The molecule has 0 spiro atoms. The van der Waals surface area contributed by atoms with Crippen LogP contribution in [0.15, 0.2) is 24.3 Å². The fourth-order valence-electron chi connectivity index (χ4n) is 4.26. The Bertz CT molecular complexity index is 852. The maximum atomic E-state index is 11.5. The Morgan fingerprint density at radius 3 is 1.35 bits per heavy atom. The number of unbranched alkanes of at least 4 members (excludes halogenated alkanes) is 5. The third kappa shape index (κ3) is 32.9. The summed E-state index contributed by atoms with van der Waals surface area (Å²) in [6, 6.07) is 8.42. The minimum absolute atomic E-state index is 0.386. The van der Waals surface area contributed by atoms with Crippen molar-refractivity contribution in [1.82, 2.24) is 5.32 Å². The van der Waals surface area contributed by atoms with E-state index < -0.39 is 11.7 Å². The highest BCUT2D eigenvalue weighted by molar-refractivity contribution is 5.67. The van der Waals surface area contributed by atoms with Gasteiger partial charge in [0.15, 0.2) is 0 Å². The van der Waals surface area contributed by atoms with Crippen LogP contribution < -0.4 is 10.1 Å². The average molecular weight is 702 g/mol. The molecule has 0 fully saturated rings. The summed E-state index contributed by atoms with van der Waals surface area (Å²) in [6.07, 6.45) is 8.62. The second-order valence-electron chi connectivity index (χ2n) is 12.3. The first-order valence-corrected chi connectivity index (χ1v) is 18.2. The molecule has 0 bridgehead atoms. The zero-order valence-corrected chi connectivity index (χ0v) is 31.0. The third-order valence-electron chi connectivity index (χ3n) is 6.76. The number of hydrogen-bond acceptors (Lipinski definition) is 11. The van der Waals surface area contributed by atoms with Gasteiger partial charge in [0, 0.05) is 6.54 Å². The first-order chi connectivity index (χ1) is 23.9. The van der Waals surface area contributed by atoms with Crippen LogP contribution in [-0.2, 0) is 49.1 Å². The van der Waals surface area contributed by atoms with Crippen molar-refractivity contribution in [3.63, 3.8) is 0 Å². The van der Waals surface area contributed by atoms with Gasteiger partial charge in [-0.2, -0.15) is 0 Å². The van der Waals surface area contributed by atoms with E-state index >= 15 is 0 Å². The number of nitrogens with one attached hydrogen (secondary N) is 1. The summed E-state index contributed by atoms with van der Waals surface area (Å²) in [4.78, 5) is 11.5. The molecule has 0 aliphatic heterocycles. The molecule has 286 valence electrons. The molecular weight excluding hydrogens is 634 g/mol. The highest BCUT2D eigenvalue weighted by Crippen LogP contribution is 2.15. The van der Waals surface area contributed by atoms with Gasteiger partial charge in [0.1, 0.15) is 18.0 Å². The summed E-state index contributed by atoms with van der Waals surface area (Å²) in [5.74, 6) is 0.882. The van der Waals surface area contributed by atoms with Crippen molar-refractivity contribution < 1.29 is 52.2 Å². The number of ether oxygens (including phenoxy) is 10. The number of amides is 1. The smallest absolute Gasteiger partial charge is 0.407 e. The summed E-state index contributed by atoms with van der Waals surface area (Å²) in [6.45, 7) is 16.5. The lowest BCUT2D eigenvalue weighted by Gasteiger charge is -2.19. The Balaban J connectivity index is 1.71. The Kier molecular flexibility index (Phi) is 30.4. The van der Waals surface area contributed by atoms with Gasteiger partial charge >= 0.3 is 6.09 Å². The Morgan fingerprint density at radius 1 is 0.531 bits per heavy atom. The molecule has 0 saturated carbocycles. The molecule has 0 radical (unpaired) electrons. The van der Waals surface area contributed by atoms with E-state index in [-0.39, 0.29) is 0 Å². The summed E-state index contributed by atoms with van der Waals surface area (Å²) in [5, 5.41) is 2.63. The van der Waals surface area contributed by atoms with Gasteiger partial charge in [0.05, 0.1) is 106 Å². The van der Waals surface area contributed by atoms with Crippen molar-refractivity contribution in [2.45, 2.75) is 78.2 Å². The number of aryl methyl sites for hydroxylation is 1. The van der Waals surface area contributed by atoms with E-state index in [0.29, 0.717) is 119 Å². The van der Waals surface area contributed by atoms with Gasteiger partial charge < -0.3 is 52.7 Å². The van der Waals surface area contributed by atoms with Crippen molar-refractivity contribution in [2.75, 3.05) is 119 Å². The van der Waals surface area contributed by atoms with Gasteiger partial charge in [-0.15, -0.1) is 0 Å². The van der Waals surface area contributed by atoms with Crippen molar-refractivity contribution in [1.29, 1.82) is 0 Å². The SMILES string of the molecule is CCCCCCCCc1ccc(OCCOCCOCCOCCOCCOCCOCCOCCOCCNC(=O)OC(C)(C)C)cc1. The minimum Gasteiger partial charge on any atom is -0.491 e. The normalized spacial score (nSPS) is 11.6. The van der Waals surface area contributed by atoms with Gasteiger partial charge in [0.25, 0.3) is 0 Å². The van der Waals surface area contributed by atoms with Crippen LogP contribution in [-0.4, -0.2) is 131 Å². The van der Waals surface area contributed by atoms with Crippen LogP contribution >= 0.6 is 0 Å². The molecule has 12 nitrogen and oxygen atoms in total. The summed E-state index contributed by atoms with van der Waals surface area (Å²) >= 11 is 0. The van der Waals surface area contributed by atoms with Crippen LogP contribution in [0.25, 0.3) is 0 Å². The van der Waals surface area contributed by atoms with E-state index in [2.05, 4.69) is 24.4 Å². The highest BCUT2D eigenvalue weighted by atomic mass is 16.6. The van der Waals surface area contributed by atoms with Crippen molar-refractivity contribution >= 4 is 6.09 Å². The number of alkyl carbamates (subject to hydrolysis) is 1. The minimum atomic E-state index is -0.509. The van der Waals surface area contributed by atoms with Crippen LogP contribution in [0, 0.1) is 0 Å². The number of benzene rings is 1. The maximum Gasteiger partial charge on any atom is 0.407 e. The number of hydrogen-bond donors (Lipinski definition) is 1. The van der Waals surface area contributed by atoms with Crippen LogP contribution in [0.4, 0.5) is 4.79 Å². The predicted molar refractivity (Wildman–Crippen MR) is 190 cm³/mol. The predicted octanol–water partition coefficient (Wildman–Crippen LogP) is 5.63. The molecule has 0 aliphatic carbocycles. The standard InChI is InChI=1S/C37H67NO11/c1-5-6-7-8-9-10-11-34-12-14-35(15-13-34)48-33-32-47-31-30-46-29-28-45-27-26-44-25-24-43-23-22-42-21-20-41-19-18-40-17-16-38-36(39)49-37(2,3)4/h12-15H,5-11,16-33H2,1-4H3,(H,38,39). The van der Waals surface area contributed by atoms with E-state index in [1.54, 1.807) is 0 Å². The summed E-state index contributed by atoms with van der Waals surface area (Å²) in [7, 11) is 0. The second kappa shape index (κ2) is 33.1. The van der Waals surface area contributed by atoms with Gasteiger partial charge in [-0.3, -0.25) is 0 Å². The monoisotopic (exact) mass is 701 g/mol. The fourth-order valence-corrected chi connectivity index (χ4v) is 4.26. The van der Waals surface area contributed by atoms with Crippen LogP contribution in [0.3, 0.4) is 0 Å². The maximum absolute atomic E-state index is 11.5. The Hall–Kier alpha value is -2.03. The zero-order chi connectivity index (χ0) is 35.5. The number of carbonyl (C=O) groups is 1. The third-order valence-corrected chi connectivity index (χ3v) is 6.76. The van der Waals surface area contributed by atoms with E-state index in [9.17, 15) is 4.79 Å². The van der Waals surface area contributed by atoms with E-state index in [1.165, 1.54) is 44.1 Å². The molecule has 0 unspecified atom stereocenters. The van der Waals surface area contributed by atoms with Crippen molar-refractivity contribution in [3.05, 3.63) is 29.8 Å². The van der Waals surface area contributed by atoms with Gasteiger partial charge in [-0.1, -0.05) is 51.2 Å². The number of rotatable bonds is 35. The molecule has 49 heavy (non-hydrogen) atoms. The van der Waals surface area contributed by atoms with Gasteiger partial charge in [-0.05, 0) is 51.3 Å². The highest BCUT2D eigenvalue weighted by Gasteiger charge is 2.15. The zero-order valence-electron chi connectivity index (χ0n) is 31.0. The fraction of sp³-hybridized carbons (Fsp3) is 0.811. The van der Waals surface area contributed by atoms with Crippen molar-refractivity contribution in [3.8, 4) is 5.75 Å². The van der Waals surface area contributed by atoms with Crippen molar-refractivity contribution in [2.24, 2.45) is 0 Å². The molecule has 1 N–H and O–H groups in total. The lowest BCUT2D eigenvalue weighted by atomic mass is 10.0. The van der Waals surface area contributed by atoms with Gasteiger partial charge in [-0.25, -0.2) is 4.79 Å². The first-order valence-electron chi connectivity index (χ1n) is 18.2. The Labute approximate surface area is 296 Å². The molecule has 1 aromatic rings. The van der Waals surface area contributed by atoms with E-state index in [0.717, 1.165) is 12.2 Å². The lowest BCUT2D eigenvalue weighted by molar-refractivity contribution is -0.0235. The average Bonchev–Trinajstić information content (AvgIpc) is 3.07. The molecule has 12 heteroatoms. The Morgan fingerprint density at radius 2 is 0.918 bits per heavy atom. The van der Waals surface area contributed by atoms with Gasteiger partial charge in [0.2, 0.25) is 0 Å². The van der Waals surface area contributed by atoms with Crippen LogP contribution in [0.2, 0.25) is 0 Å². The molecule has 0 saturated heterocycles. The summed E-state index contributed by atoms with van der Waals surface area (Å²) < 4.78 is 54.8. The molecule has 0 atom stereocenters. The largest absolute Gasteiger partial charge is 0.491 e. The van der Waals surface area contributed by atoms with Crippen LogP contribution in [0.1, 0.15) is 71.8 Å². The summed E-state index contributed by atoms with van der Waals surface area (Å²) in [5.41, 5.74) is 0.866. The molecule has 0 aliphatic rings. The van der Waals surface area contributed by atoms with E-state index in [1.807, 2.05) is 32.9 Å². The molecule has 0 heterocycles. The molecule has 0 aromatic heterocycles. The second-order valence-corrected chi connectivity index (χ2v) is 12.3. The lowest BCUT2D eigenvalue weighted by Crippen LogP contribution is -2.34. The first kappa shape index (κ1) is 45.0. The van der Waals surface area contributed by atoms with E-state index in [4.69, 9.17) is 47.4 Å². The van der Waals surface area contributed by atoms with Crippen LogP contribution in [0.5, 0.6) is 5.75 Å². The quantitative estimate of drug-likeness (QED) is 0.0888. The number of carbonyl (C=O) groups excluding carboxylic acids is 1. The molecular formula is C37H67NO11. The topological polar surface area (TPSA) is 121 Å². The molecule has 1 amide bonds.